The monoisotopic (exact) mass is 396 g/mol. The number of unbranched alkanes of at least 4 members (excludes halogenated alkanes) is 1. The lowest BCUT2D eigenvalue weighted by atomic mass is 10.1. The Balaban J connectivity index is 2.04. The first-order chi connectivity index (χ1) is 11.9. The molecule has 0 aliphatic carbocycles. The highest BCUT2D eigenvalue weighted by Gasteiger charge is 2.18. The topological polar surface area (TPSA) is 0 Å². The van der Waals surface area contributed by atoms with Crippen LogP contribution in [0.4, 0.5) is 0 Å². The predicted octanol–water partition coefficient (Wildman–Crippen LogP) is 5.16. The normalized spacial score (nSPS) is 10.9. The Kier molecular flexibility index (Phi) is 6.64. The lowest BCUT2D eigenvalue weighted by Crippen LogP contribution is -2.23. The van der Waals surface area contributed by atoms with Crippen LogP contribution in [0.5, 0.6) is 0 Å². The van der Waals surface area contributed by atoms with Crippen molar-refractivity contribution in [2.45, 2.75) is 19.3 Å². The van der Waals surface area contributed by atoms with Crippen molar-refractivity contribution in [1.29, 1.82) is 0 Å². The molecule has 0 radical (unpaired) electrons. The minimum absolute atomic E-state index is 0.499. The van der Waals surface area contributed by atoms with E-state index < -0.39 is 7.92 Å². The van der Waals surface area contributed by atoms with Crippen LogP contribution in [0.1, 0.15) is 18.4 Å². The van der Waals surface area contributed by atoms with Gasteiger partial charge in [-0.3, -0.25) is 0 Å². The fraction of sp³-hybridized carbons (Fsp3) is 0.182. The third-order valence-electron chi connectivity index (χ3n) is 4.09. The standard InChI is InChI=1S/C22H22BrP/c23-18-10-9-12-19-11-7-8-17-22(19)24(20-13-3-1-4-14-20)21-15-5-2-6-16-21/h1-8,11,13-17H,9-10,12,18H2. The fourth-order valence-electron chi connectivity index (χ4n) is 2.93. The van der Waals surface area contributed by atoms with Gasteiger partial charge in [0.05, 0.1) is 0 Å². The van der Waals surface area contributed by atoms with E-state index >= 15 is 0 Å². The lowest BCUT2D eigenvalue weighted by Gasteiger charge is -2.22. The average molecular weight is 397 g/mol. The van der Waals surface area contributed by atoms with Gasteiger partial charge in [0.25, 0.3) is 0 Å². The predicted molar refractivity (Wildman–Crippen MR) is 112 cm³/mol. The molecule has 0 spiro atoms. The third-order valence-corrected chi connectivity index (χ3v) is 7.20. The van der Waals surface area contributed by atoms with Crippen molar-refractivity contribution in [3.8, 4) is 0 Å². The van der Waals surface area contributed by atoms with Gasteiger partial charge in [0.1, 0.15) is 0 Å². The van der Waals surface area contributed by atoms with Crippen molar-refractivity contribution < 1.29 is 0 Å². The maximum Gasteiger partial charge on any atom is 0.00314 e. The van der Waals surface area contributed by atoms with Gasteiger partial charge in [0.2, 0.25) is 0 Å². The summed E-state index contributed by atoms with van der Waals surface area (Å²) < 4.78 is 0. The number of benzene rings is 3. The van der Waals surface area contributed by atoms with Crippen LogP contribution in [0, 0.1) is 0 Å². The summed E-state index contributed by atoms with van der Waals surface area (Å²) in [5, 5.41) is 5.43. The number of hydrogen-bond acceptors (Lipinski definition) is 0. The summed E-state index contributed by atoms with van der Waals surface area (Å²) in [5.74, 6) is 0. The van der Waals surface area contributed by atoms with Crippen LogP contribution in [0.25, 0.3) is 0 Å². The van der Waals surface area contributed by atoms with Crippen molar-refractivity contribution >= 4 is 39.8 Å². The zero-order valence-corrected chi connectivity index (χ0v) is 16.2. The van der Waals surface area contributed by atoms with Gasteiger partial charge in [0.15, 0.2) is 0 Å². The maximum absolute atomic E-state index is 3.55. The second-order valence-corrected chi connectivity index (χ2v) is 8.76. The lowest BCUT2D eigenvalue weighted by molar-refractivity contribution is 0.809. The summed E-state index contributed by atoms with van der Waals surface area (Å²) >= 11 is 3.55. The Hall–Kier alpha value is -1.43. The van der Waals surface area contributed by atoms with Gasteiger partial charge in [0, 0.05) is 5.33 Å². The molecule has 0 amide bonds. The number of alkyl halides is 1. The van der Waals surface area contributed by atoms with E-state index in [1.807, 2.05) is 0 Å². The fourth-order valence-corrected chi connectivity index (χ4v) is 5.83. The number of aryl methyl sites for hydroxylation is 1. The molecule has 0 fully saturated rings. The first kappa shape index (κ1) is 17.4. The van der Waals surface area contributed by atoms with Crippen LogP contribution in [0.2, 0.25) is 0 Å². The number of rotatable bonds is 7. The first-order valence-electron chi connectivity index (χ1n) is 8.44. The van der Waals surface area contributed by atoms with Gasteiger partial charge in [-0.05, 0) is 48.7 Å². The number of halogens is 1. The van der Waals surface area contributed by atoms with Gasteiger partial charge < -0.3 is 0 Å². The summed E-state index contributed by atoms with van der Waals surface area (Å²) in [7, 11) is -0.499. The van der Waals surface area contributed by atoms with E-state index in [1.54, 1.807) is 0 Å². The summed E-state index contributed by atoms with van der Waals surface area (Å²) in [4.78, 5) is 0. The molecular weight excluding hydrogens is 375 g/mol. The van der Waals surface area contributed by atoms with E-state index in [-0.39, 0.29) is 0 Å². The van der Waals surface area contributed by atoms with E-state index in [0.717, 1.165) is 11.8 Å². The summed E-state index contributed by atoms with van der Waals surface area (Å²) in [6.45, 7) is 0. The quantitative estimate of drug-likeness (QED) is 0.293. The van der Waals surface area contributed by atoms with Crippen molar-refractivity contribution in [3.05, 3.63) is 90.5 Å². The maximum atomic E-state index is 3.55. The Labute approximate surface area is 154 Å². The molecule has 2 heteroatoms. The van der Waals surface area contributed by atoms with Crippen LogP contribution < -0.4 is 15.9 Å². The molecular formula is C22H22BrP. The summed E-state index contributed by atoms with van der Waals surface area (Å²) in [5.41, 5.74) is 1.50. The number of hydrogen-bond donors (Lipinski definition) is 0. The zero-order chi connectivity index (χ0) is 16.6. The molecule has 0 saturated carbocycles. The zero-order valence-electron chi connectivity index (χ0n) is 13.7. The minimum Gasteiger partial charge on any atom is -0.0928 e. The van der Waals surface area contributed by atoms with E-state index in [4.69, 9.17) is 0 Å². The molecule has 0 aliphatic heterocycles. The van der Waals surface area contributed by atoms with Gasteiger partial charge in [-0.1, -0.05) is 101 Å². The molecule has 0 N–H and O–H groups in total. The molecule has 3 aromatic carbocycles. The summed E-state index contributed by atoms with van der Waals surface area (Å²) in [6.07, 6.45) is 3.61. The van der Waals surface area contributed by atoms with Crippen molar-refractivity contribution in [2.24, 2.45) is 0 Å². The van der Waals surface area contributed by atoms with Crippen LogP contribution in [0.15, 0.2) is 84.9 Å². The SMILES string of the molecule is BrCCCCc1ccccc1P(c1ccccc1)c1ccccc1. The van der Waals surface area contributed by atoms with Crippen LogP contribution in [-0.4, -0.2) is 5.33 Å². The molecule has 0 atom stereocenters. The third kappa shape index (κ3) is 4.35. The smallest absolute Gasteiger partial charge is 0.00314 e. The average Bonchev–Trinajstić information content (AvgIpc) is 2.65. The molecule has 122 valence electrons. The highest BCUT2D eigenvalue weighted by molar-refractivity contribution is 9.09. The molecule has 0 unspecified atom stereocenters. The molecule has 24 heavy (non-hydrogen) atoms. The van der Waals surface area contributed by atoms with E-state index in [0.29, 0.717) is 0 Å². The van der Waals surface area contributed by atoms with Crippen molar-refractivity contribution in [1.82, 2.24) is 0 Å². The van der Waals surface area contributed by atoms with E-state index in [2.05, 4.69) is 101 Å². The van der Waals surface area contributed by atoms with Crippen LogP contribution >= 0.6 is 23.9 Å². The Morgan fingerprint density at radius 2 is 1.17 bits per heavy atom. The van der Waals surface area contributed by atoms with Crippen LogP contribution in [0.3, 0.4) is 0 Å². The van der Waals surface area contributed by atoms with Gasteiger partial charge in [-0.2, -0.15) is 0 Å². The minimum atomic E-state index is -0.499. The highest BCUT2D eigenvalue weighted by atomic mass is 79.9. The molecule has 0 saturated heterocycles. The van der Waals surface area contributed by atoms with E-state index in [9.17, 15) is 0 Å². The second-order valence-electron chi connectivity index (χ2n) is 5.78. The summed E-state index contributed by atoms with van der Waals surface area (Å²) in [6, 6.07) is 30.9. The Morgan fingerprint density at radius 1 is 0.625 bits per heavy atom. The first-order valence-corrected chi connectivity index (χ1v) is 10.9. The molecule has 0 aliphatic rings. The van der Waals surface area contributed by atoms with Crippen molar-refractivity contribution in [2.75, 3.05) is 5.33 Å². The molecule has 3 aromatic rings. The Morgan fingerprint density at radius 3 is 1.75 bits per heavy atom. The molecule has 0 nitrogen and oxygen atoms in total. The van der Waals surface area contributed by atoms with Gasteiger partial charge in [-0.15, -0.1) is 0 Å². The van der Waals surface area contributed by atoms with Crippen molar-refractivity contribution in [3.63, 3.8) is 0 Å². The second kappa shape index (κ2) is 9.16. The molecule has 3 rings (SSSR count). The molecule has 0 heterocycles. The molecule has 0 bridgehead atoms. The van der Waals surface area contributed by atoms with Gasteiger partial charge in [-0.25, -0.2) is 0 Å². The Bertz CT molecular complexity index is 701. The van der Waals surface area contributed by atoms with Crippen LogP contribution in [-0.2, 0) is 6.42 Å². The highest BCUT2D eigenvalue weighted by Crippen LogP contribution is 2.34. The molecule has 0 aromatic heterocycles. The largest absolute Gasteiger partial charge is 0.0928 e. The van der Waals surface area contributed by atoms with E-state index in [1.165, 1.54) is 34.3 Å². The van der Waals surface area contributed by atoms with Gasteiger partial charge >= 0.3 is 0 Å².